The number of hydrogen-bond donors (Lipinski definition) is 3. The van der Waals surface area contributed by atoms with E-state index in [4.69, 9.17) is 24.8 Å². The van der Waals surface area contributed by atoms with Crippen molar-refractivity contribution < 1.29 is 47.5 Å². The zero-order chi connectivity index (χ0) is 47.0. The Balaban J connectivity index is 4.34. The van der Waals surface area contributed by atoms with Crippen molar-refractivity contribution in [2.75, 3.05) is 19.8 Å². The molecule has 0 fully saturated rings. The first-order valence-corrected chi connectivity index (χ1v) is 26.8. The lowest BCUT2D eigenvalue weighted by molar-refractivity contribution is -0.161. The van der Waals surface area contributed by atoms with Gasteiger partial charge >= 0.3 is 25.7 Å². The first-order valence-electron chi connectivity index (χ1n) is 25.3. The largest absolute Gasteiger partial charge is 0.480 e. The number of carboxylic acids is 1. The van der Waals surface area contributed by atoms with E-state index in [0.29, 0.717) is 25.7 Å². The molecule has 0 aromatic heterocycles. The molecular weight excluding hydrogens is 830 g/mol. The molecule has 0 saturated carbocycles. The molecule has 0 rings (SSSR count). The van der Waals surface area contributed by atoms with E-state index in [0.717, 1.165) is 38.5 Å². The highest BCUT2D eigenvalue weighted by Gasteiger charge is 2.28. The third kappa shape index (κ3) is 45.7. The average molecular weight is 922 g/mol. The minimum atomic E-state index is -4.74. The van der Waals surface area contributed by atoms with Crippen molar-refractivity contribution in [1.82, 2.24) is 0 Å². The van der Waals surface area contributed by atoms with E-state index in [1.165, 1.54) is 128 Å². The van der Waals surface area contributed by atoms with Crippen LogP contribution in [0.2, 0.25) is 0 Å². The molecule has 0 heterocycles. The van der Waals surface area contributed by atoms with E-state index >= 15 is 0 Å². The van der Waals surface area contributed by atoms with E-state index < -0.39 is 51.1 Å². The standard InChI is InChI=1S/C52H92NO10P/c1-3-5-7-9-11-13-15-17-19-21-22-23-24-25-26-28-30-32-34-36-38-40-42-44-51(55)63-48(46-61-64(58,59)62-47-49(53)52(56)57)45-60-50(54)43-41-39-37-35-33-31-29-27-20-18-16-14-12-10-8-6-4-2/h12,14,18,20,29,31,35-38,48-49H,3-11,13,15-17,19,21-28,30,32-34,39-47,53H2,1-2H3,(H,56,57)(H,58,59)/b14-12+,20-18+,31-29+,37-35+,38-36+/t48-,49-/m0/s1. The highest BCUT2D eigenvalue weighted by molar-refractivity contribution is 7.47. The maximum absolute atomic E-state index is 12.7. The molecule has 0 bridgehead atoms. The Kier molecular flexibility index (Phi) is 44.6. The Morgan fingerprint density at radius 2 is 0.828 bits per heavy atom. The number of unbranched alkanes of at least 4 members (excludes halogenated alkanes) is 23. The molecule has 0 aliphatic carbocycles. The van der Waals surface area contributed by atoms with Crippen molar-refractivity contribution in [1.29, 1.82) is 0 Å². The first-order chi connectivity index (χ1) is 31.1. The second kappa shape index (κ2) is 46.7. The molecular formula is C52H92NO10P. The second-order valence-corrected chi connectivity index (χ2v) is 18.4. The van der Waals surface area contributed by atoms with Gasteiger partial charge in [0, 0.05) is 12.8 Å². The Bertz CT molecular complexity index is 1310. The van der Waals surface area contributed by atoms with Gasteiger partial charge in [-0.25, -0.2) is 4.57 Å². The quantitative estimate of drug-likeness (QED) is 0.0230. The lowest BCUT2D eigenvalue weighted by Gasteiger charge is -2.20. The highest BCUT2D eigenvalue weighted by Crippen LogP contribution is 2.43. The normalized spacial score (nSPS) is 14.1. The minimum absolute atomic E-state index is 0.101. The van der Waals surface area contributed by atoms with Gasteiger partial charge in [0.2, 0.25) is 0 Å². The summed E-state index contributed by atoms with van der Waals surface area (Å²) in [4.78, 5) is 46.1. The van der Waals surface area contributed by atoms with Crippen LogP contribution in [0.25, 0.3) is 0 Å². The second-order valence-electron chi connectivity index (χ2n) is 16.9. The molecule has 64 heavy (non-hydrogen) atoms. The molecule has 370 valence electrons. The summed E-state index contributed by atoms with van der Waals surface area (Å²) in [6.07, 6.45) is 56.0. The fourth-order valence-corrected chi connectivity index (χ4v) is 7.55. The molecule has 0 aromatic carbocycles. The third-order valence-corrected chi connectivity index (χ3v) is 11.7. The Morgan fingerprint density at radius 1 is 0.484 bits per heavy atom. The number of esters is 2. The molecule has 1 unspecified atom stereocenters. The zero-order valence-corrected chi connectivity index (χ0v) is 41.3. The smallest absolute Gasteiger partial charge is 0.472 e. The summed E-state index contributed by atoms with van der Waals surface area (Å²) in [5, 5.41) is 8.91. The number of phosphoric acid groups is 1. The molecule has 11 nitrogen and oxygen atoms in total. The molecule has 3 atom stereocenters. The summed E-state index contributed by atoms with van der Waals surface area (Å²) < 4.78 is 32.7. The highest BCUT2D eigenvalue weighted by atomic mass is 31.2. The number of rotatable bonds is 47. The summed E-state index contributed by atoms with van der Waals surface area (Å²) in [5.41, 5.74) is 5.34. The van der Waals surface area contributed by atoms with Gasteiger partial charge in [-0.05, 0) is 70.6 Å². The average Bonchev–Trinajstić information content (AvgIpc) is 3.27. The van der Waals surface area contributed by atoms with Crippen LogP contribution < -0.4 is 5.73 Å². The van der Waals surface area contributed by atoms with Gasteiger partial charge in [0.05, 0.1) is 13.2 Å². The van der Waals surface area contributed by atoms with Crippen LogP contribution in [0.15, 0.2) is 60.8 Å². The number of carbonyl (C=O) groups is 3. The van der Waals surface area contributed by atoms with Gasteiger partial charge in [-0.1, -0.05) is 197 Å². The number of ether oxygens (including phenoxy) is 2. The van der Waals surface area contributed by atoms with Crippen LogP contribution in [0.4, 0.5) is 0 Å². The third-order valence-electron chi connectivity index (χ3n) is 10.7. The number of carbonyl (C=O) groups excluding carboxylic acids is 2. The van der Waals surface area contributed by atoms with Gasteiger partial charge < -0.3 is 25.2 Å². The maximum atomic E-state index is 12.7. The number of allylic oxidation sites excluding steroid dienone is 10. The van der Waals surface area contributed by atoms with Crippen molar-refractivity contribution in [3.05, 3.63) is 60.8 Å². The Morgan fingerprint density at radius 3 is 1.28 bits per heavy atom. The van der Waals surface area contributed by atoms with Gasteiger partial charge in [0.15, 0.2) is 6.10 Å². The zero-order valence-electron chi connectivity index (χ0n) is 40.4. The van der Waals surface area contributed by atoms with Gasteiger partial charge in [-0.3, -0.25) is 23.4 Å². The van der Waals surface area contributed by atoms with Crippen molar-refractivity contribution in [2.45, 2.75) is 231 Å². The monoisotopic (exact) mass is 922 g/mol. The lowest BCUT2D eigenvalue weighted by Crippen LogP contribution is -2.34. The van der Waals surface area contributed by atoms with Crippen LogP contribution in [-0.2, 0) is 37.5 Å². The molecule has 0 spiro atoms. The summed E-state index contributed by atoms with van der Waals surface area (Å²) in [6, 6.07) is -1.53. The van der Waals surface area contributed by atoms with E-state index in [9.17, 15) is 23.8 Å². The molecule has 4 N–H and O–H groups in total. The van der Waals surface area contributed by atoms with Crippen LogP contribution in [0, 0.1) is 0 Å². The summed E-state index contributed by atoms with van der Waals surface area (Å²) in [5.74, 6) is -2.49. The van der Waals surface area contributed by atoms with Crippen molar-refractivity contribution in [3.63, 3.8) is 0 Å². The van der Waals surface area contributed by atoms with Crippen molar-refractivity contribution >= 4 is 25.7 Å². The number of carboxylic acid groups (broad SMARTS) is 1. The maximum Gasteiger partial charge on any atom is 0.472 e. The van der Waals surface area contributed by atoms with E-state index in [2.05, 4.69) is 73.1 Å². The topological polar surface area (TPSA) is 172 Å². The van der Waals surface area contributed by atoms with E-state index in [-0.39, 0.29) is 19.4 Å². The predicted octanol–water partition coefficient (Wildman–Crippen LogP) is 14.3. The van der Waals surface area contributed by atoms with Crippen LogP contribution in [-0.4, -0.2) is 59.9 Å². The fourth-order valence-electron chi connectivity index (χ4n) is 6.77. The van der Waals surface area contributed by atoms with Gasteiger partial charge in [0.25, 0.3) is 0 Å². The molecule has 0 aromatic rings. The molecule has 0 saturated heterocycles. The summed E-state index contributed by atoms with van der Waals surface area (Å²) >= 11 is 0. The number of nitrogens with two attached hydrogens (primary N) is 1. The predicted molar refractivity (Wildman–Crippen MR) is 263 cm³/mol. The molecule has 12 heteroatoms. The van der Waals surface area contributed by atoms with Crippen LogP contribution in [0.5, 0.6) is 0 Å². The lowest BCUT2D eigenvalue weighted by atomic mass is 10.0. The SMILES string of the molecule is CCCCC/C=C/C/C=C/C/C=C/C/C=C/CCCC(=O)OC[C@@H](COP(=O)(O)OC[C@H](N)C(=O)O)OC(=O)CCC/C=C/CCCCCCCCCCCCCCCCCCCC. The Labute approximate surface area is 389 Å². The molecule has 0 aliphatic rings. The minimum Gasteiger partial charge on any atom is -0.480 e. The van der Waals surface area contributed by atoms with Gasteiger partial charge in [0.1, 0.15) is 12.6 Å². The van der Waals surface area contributed by atoms with Crippen molar-refractivity contribution in [3.8, 4) is 0 Å². The molecule has 0 radical (unpaired) electrons. The van der Waals surface area contributed by atoms with Crippen LogP contribution in [0.1, 0.15) is 219 Å². The Hall–Kier alpha value is -2.82. The van der Waals surface area contributed by atoms with E-state index in [1.54, 1.807) is 0 Å². The number of phosphoric ester groups is 1. The van der Waals surface area contributed by atoms with Gasteiger partial charge in [-0.2, -0.15) is 0 Å². The first kappa shape index (κ1) is 61.2. The number of hydrogen-bond acceptors (Lipinski definition) is 9. The molecule has 0 aliphatic heterocycles. The molecule has 0 amide bonds. The fraction of sp³-hybridized carbons (Fsp3) is 0.750. The van der Waals surface area contributed by atoms with Gasteiger partial charge in [-0.15, -0.1) is 0 Å². The number of aliphatic carboxylic acids is 1. The van der Waals surface area contributed by atoms with Crippen molar-refractivity contribution in [2.24, 2.45) is 5.73 Å². The van der Waals surface area contributed by atoms with E-state index in [1.807, 2.05) is 6.08 Å². The summed E-state index contributed by atoms with van der Waals surface area (Å²) in [6.45, 7) is 2.72. The summed E-state index contributed by atoms with van der Waals surface area (Å²) in [7, 11) is -4.74. The van der Waals surface area contributed by atoms with Crippen LogP contribution in [0.3, 0.4) is 0 Å². The van der Waals surface area contributed by atoms with Crippen LogP contribution >= 0.6 is 7.82 Å².